The number of carbonyl (C=O) groups is 3. The van der Waals surface area contributed by atoms with Gasteiger partial charge in [0.25, 0.3) is 0 Å². The smallest absolute Gasteiger partial charge is 0.343 e. The number of aryl methyl sites for hydroxylation is 1. The molecule has 0 saturated heterocycles. The van der Waals surface area contributed by atoms with Crippen molar-refractivity contribution in [2.24, 2.45) is 0 Å². The van der Waals surface area contributed by atoms with Crippen molar-refractivity contribution in [1.29, 1.82) is 0 Å². The summed E-state index contributed by atoms with van der Waals surface area (Å²) in [6, 6.07) is 13.4. The largest absolute Gasteiger partial charge is 0.481 e. The first-order valence-corrected chi connectivity index (χ1v) is 12.6. The van der Waals surface area contributed by atoms with Gasteiger partial charge in [-0.1, -0.05) is 69.4 Å². The highest BCUT2D eigenvalue weighted by Crippen LogP contribution is 2.23. The van der Waals surface area contributed by atoms with Crippen LogP contribution in [0.2, 0.25) is 0 Å². The zero-order valence-corrected chi connectivity index (χ0v) is 22.0. The molecule has 0 unspecified atom stereocenters. The predicted molar refractivity (Wildman–Crippen MR) is 139 cm³/mol. The van der Waals surface area contributed by atoms with Crippen LogP contribution >= 0.6 is 0 Å². The van der Waals surface area contributed by atoms with Crippen molar-refractivity contribution in [2.75, 3.05) is 20.8 Å². The molecule has 0 aromatic heterocycles. The molecule has 0 aliphatic heterocycles. The minimum absolute atomic E-state index is 0.0724. The normalized spacial score (nSPS) is 10.6. The first kappa shape index (κ1) is 28.9. The van der Waals surface area contributed by atoms with Gasteiger partial charge in [-0.25, -0.2) is 9.59 Å². The van der Waals surface area contributed by atoms with Crippen molar-refractivity contribution >= 4 is 17.8 Å². The van der Waals surface area contributed by atoms with Gasteiger partial charge >= 0.3 is 11.9 Å². The molecule has 2 rings (SSSR count). The number of methoxy groups -OCH3 is 2. The van der Waals surface area contributed by atoms with Crippen LogP contribution in [0.3, 0.4) is 0 Å². The van der Waals surface area contributed by atoms with Gasteiger partial charge in [0.2, 0.25) is 5.91 Å². The second-order valence-corrected chi connectivity index (χ2v) is 8.90. The Labute approximate surface area is 214 Å². The third-order valence-electron chi connectivity index (χ3n) is 6.06. The number of benzene rings is 2. The van der Waals surface area contributed by atoms with Crippen molar-refractivity contribution in [2.45, 2.75) is 71.9 Å². The van der Waals surface area contributed by atoms with E-state index in [4.69, 9.17) is 9.47 Å². The third kappa shape index (κ3) is 9.72. The number of unbranched alkanes of at least 4 members (excludes halogenated alkanes) is 5. The zero-order valence-electron chi connectivity index (χ0n) is 22.0. The van der Waals surface area contributed by atoms with Crippen LogP contribution in [0.1, 0.15) is 79.4 Å². The van der Waals surface area contributed by atoms with Gasteiger partial charge < -0.3 is 19.1 Å². The van der Waals surface area contributed by atoms with Crippen LogP contribution in [-0.2, 0) is 38.6 Å². The average Bonchev–Trinajstić information content (AvgIpc) is 2.89. The molecule has 0 atom stereocenters. The van der Waals surface area contributed by atoms with Gasteiger partial charge in [-0.15, -0.1) is 0 Å². The minimum Gasteiger partial charge on any atom is -0.481 e. The third-order valence-corrected chi connectivity index (χ3v) is 6.06. The van der Waals surface area contributed by atoms with Gasteiger partial charge in [0, 0.05) is 20.0 Å². The van der Waals surface area contributed by atoms with E-state index < -0.39 is 11.9 Å². The molecule has 2 aromatic rings. The summed E-state index contributed by atoms with van der Waals surface area (Å²) in [5.74, 6) is -1.01. The van der Waals surface area contributed by atoms with Crippen molar-refractivity contribution in [3.63, 3.8) is 0 Å². The lowest BCUT2D eigenvalue weighted by molar-refractivity contribution is -0.143. The fraction of sp³-hybridized carbons (Fsp3) is 0.483. The van der Waals surface area contributed by atoms with Gasteiger partial charge in [0.1, 0.15) is 11.3 Å². The Bertz CT molecular complexity index is 986. The molecular formula is C29H39NO6. The summed E-state index contributed by atoms with van der Waals surface area (Å²) in [5, 5.41) is 0. The van der Waals surface area contributed by atoms with Gasteiger partial charge in [-0.2, -0.15) is 0 Å². The van der Waals surface area contributed by atoms with E-state index in [2.05, 4.69) is 35.9 Å². The van der Waals surface area contributed by atoms with E-state index in [1.54, 1.807) is 23.1 Å². The maximum absolute atomic E-state index is 12.4. The van der Waals surface area contributed by atoms with E-state index >= 15 is 0 Å². The van der Waals surface area contributed by atoms with Crippen LogP contribution in [0.5, 0.6) is 5.75 Å². The number of esters is 2. The Morgan fingerprint density at radius 3 is 2.03 bits per heavy atom. The second kappa shape index (κ2) is 15.6. The van der Waals surface area contributed by atoms with Crippen molar-refractivity contribution in [3.05, 3.63) is 64.7 Å². The van der Waals surface area contributed by atoms with Gasteiger partial charge in [-0.3, -0.25) is 4.79 Å². The average molecular weight is 498 g/mol. The van der Waals surface area contributed by atoms with E-state index in [-0.39, 0.29) is 23.8 Å². The lowest BCUT2D eigenvalue weighted by Gasteiger charge is -2.22. The van der Waals surface area contributed by atoms with Gasteiger partial charge in [0.15, 0.2) is 6.61 Å². The molecular weight excluding hydrogens is 458 g/mol. The Hall–Kier alpha value is -3.35. The molecule has 2 aromatic carbocycles. The molecule has 0 aliphatic rings. The summed E-state index contributed by atoms with van der Waals surface area (Å²) in [7, 11) is 2.53. The second-order valence-electron chi connectivity index (χ2n) is 8.90. The van der Waals surface area contributed by atoms with Crippen LogP contribution < -0.4 is 4.74 Å². The summed E-state index contributed by atoms with van der Waals surface area (Å²) in [6.07, 6.45) is 8.74. The number of rotatable bonds is 15. The van der Waals surface area contributed by atoms with Crippen molar-refractivity contribution < 1.29 is 28.6 Å². The monoisotopic (exact) mass is 497 g/mol. The van der Waals surface area contributed by atoms with Crippen molar-refractivity contribution in [1.82, 2.24) is 4.90 Å². The highest BCUT2D eigenvalue weighted by Gasteiger charge is 2.18. The van der Waals surface area contributed by atoms with E-state index in [9.17, 15) is 14.4 Å². The highest BCUT2D eigenvalue weighted by atomic mass is 16.6. The molecule has 7 heteroatoms. The van der Waals surface area contributed by atoms with E-state index in [0.29, 0.717) is 13.1 Å². The summed E-state index contributed by atoms with van der Waals surface area (Å²) in [5.41, 5.74) is 3.29. The fourth-order valence-electron chi connectivity index (χ4n) is 3.91. The number of nitrogens with zero attached hydrogens (tertiary/aromatic N) is 1. The fourth-order valence-corrected chi connectivity index (χ4v) is 3.91. The number of amides is 1. The molecule has 196 valence electrons. The van der Waals surface area contributed by atoms with Crippen molar-refractivity contribution in [3.8, 4) is 5.75 Å². The lowest BCUT2D eigenvalue weighted by Crippen LogP contribution is -2.27. The zero-order chi connectivity index (χ0) is 26.3. The highest BCUT2D eigenvalue weighted by molar-refractivity contribution is 5.92. The first-order valence-electron chi connectivity index (χ1n) is 12.6. The number of hydrogen-bond acceptors (Lipinski definition) is 6. The standard InChI is InChI=1S/C29H39NO6/c1-5-6-7-8-9-10-11-23-12-14-24(15-13-23)19-30(22(2)31)20-25-16-17-27(36-21-28(32)34-3)26(18-25)29(33)35-4/h12-18H,5-11,19-21H2,1-4H3. The molecule has 1 amide bonds. The van der Waals surface area contributed by atoms with E-state index in [1.165, 1.54) is 65.2 Å². The maximum atomic E-state index is 12.4. The Kier molecular flexibility index (Phi) is 12.5. The van der Waals surface area contributed by atoms with Crippen LogP contribution in [0.15, 0.2) is 42.5 Å². The van der Waals surface area contributed by atoms with Crippen LogP contribution in [-0.4, -0.2) is 43.6 Å². The molecule has 7 nitrogen and oxygen atoms in total. The topological polar surface area (TPSA) is 82.1 Å². The lowest BCUT2D eigenvalue weighted by atomic mass is 10.0. The Morgan fingerprint density at radius 1 is 0.778 bits per heavy atom. The van der Waals surface area contributed by atoms with Crippen LogP contribution in [0.4, 0.5) is 0 Å². The Balaban J connectivity index is 2.02. The SMILES string of the molecule is CCCCCCCCc1ccc(CN(Cc2ccc(OCC(=O)OC)c(C(=O)OC)c2)C(C)=O)cc1. The van der Waals surface area contributed by atoms with Gasteiger partial charge in [0.05, 0.1) is 14.2 Å². The maximum Gasteiger partial charge on any atom is 0.343 e. The van der Waals surface area contributed by atoms with E-state index in [0.717, 1.165) is 17.5 Å². The quantitative estimate of drug-likeness (QED) is 0.239. The molecule has 0 spiro atoms. The molecule has 0 aliphatic carbocycles. The van der Waals surface area contributed by atoms with Gasteiger partial charge in [-0.05, 0) is 41.7 Å². The van der Waals surface area contributed by atoms with E-state index in [1.807, 2.05) is 0 Å². The Morgan fingerprint density at radius 2 is 1.39 bits per heavy atom. The summed E-state index contributed by atoms with van der Waals surface area (Å²) in [4.78, 5) is 37.8. The minimum atomic E-state index is -0.591. The van der Waals surface area contributed by atoms with Crippen LogP contribution in [0.25, 0.3) is 0 Å². The molecule has 0 N–H and O–H groups in total. The number of carbonyl (C=O) groups excluding carboxylic acids is 3. The van der Waals surface area contributed by atoms with Crippen LogP contribution in [0, 0.1) is 0 Å². The number of ether oxygens (including phenoxy) is 3. The molecule has 0 radical (unpaired) electrons. The number of hydrogen-bond donors (Lipinski definition) is 0. The summed E-state index contributed by atoms with van der Waals surface area (Å²) < 4.78 is 14.9. The molecule has 0 bridgehead atoms. The summed E-state index contributed by atoms with van der Waals surface area (Å²) in [6.45, 7) is 4.21. The molecule has 0 heterocycles. The molecule has 0 fully saturated rings. The predicted octanol–water partition coefficient (Wildman–Crippen LogP) is 5.48. The first-order chi connectivity index (χ1) is 17.4. The molecule has 0 saturated carbocycles. The summed E-state index contributed by atoms with van der Waals surface area (Å²) >= 11 is 0. The molecule has 36 heavy (non-hydrogen) atoms.